The molecule has 2 nitrogen and oxygen atoms in total. The van der Waals surface area contributed by atoms with Crippen LogP contribution >= 0.6 is 0 Å². The fourth-order valence-electron chi connectivity index (χ4n) is 0.846. The van der Waals surface area contributed by atoms with Crippen LogP contribution < -0.4 is 5.73 Å². The number of aliphatic hydroxyl groups excluding tert-OH is 1. The first-order chi connectivity index (χ1) is 3.65. The highest BCUT2D eigenvalue weighted by Crippen LogP contribution is 2.33. The smallest absolute Gasteiger partial charge is 0.105 e. The summed E-state index contributed by atoms with van der Waals surface area (Å²) in [6, 6.07) is 0. The van der Waals surface area contributed by atoms with Gasteiger partial charge in [-0.25, -0.2) is 0 Å². The molecule has 0 heterocycles. The van der Waals surface area contributed by atoms with Crippen molar-refractivity contribution < 1.29 is 5.11 Å². The van der Waals surface area contributed by atoms with E-state index in [1.807, 2.05) is 0 Å². The topological polar surface area (TPSA) is 46.2 Å². The number of rotatable bonds is 1. The highest BCUT2D eigenvalue weighted by Gasteiger charge is 2.35. The molecule has 0 aromatic carbocycles. The predicted molar refractivity (Wildman–Crippen MR) is 32.5 cm³/mol. The summed E-state index contributed by atoms with van der Waals surface area (Å²) < 4.78 is 0. The molecule has 1 saturated carbocycles. The third-order valence-corrected chi connectivity index (χ3v) is 1.82. The van der Waals surface area contributed by atoms with Crippen LogP contribution in [0.15, 0.2) is 12.3 Å². The monoisotopic (exact) mass is 113 g/mol. The van der Waals surface area contributed by atoms with Crippen molar-refractivity contribution in [2.45, 2.75) is 24.8 Å². The first-order valence-electron chi connectivity index (χ1n) is 2.82. The quantitative estimate of drug-likeness (QED) is 0.497. The van der Waals surface area contributed by atoms with Crippen LogP contribution in [0, 0.1) is 0 Å². The average molecular weight is 113 g/mol. The van der Waals surface area contributed by atoms with Gasteiger partial charge in [-0.1, -0.05) is 6.58 Å². The Hall–Kier alpha value is -0.500. The molecule has 0 bridgehead atoms. The van der Waals surface area contributed by atoms with Gasteiger partial charge in [0.1, 0.15) is 5.76 Å². The van der Waals surface area contributed by atoms with E-state index < -0.39 is 5.54 Å². The predicted octanol–water partition coefficient (Wildman–Crippen LogP) is 0.940. The molecule has 2 heteroatoms. The molecule has 1 aliphatic carbocycles. The maximum absolute atomic E-state index is 8.81. The Morgan fingerprint density at radius 3 is 2.12 bits per heavy atom. The highest BCUT2D eigenvalue weighted by atomic mass is 16.3. The second kappa shape index (κ2) is 1.49. The van der Waals surface area contributed by atoms with Gasteiger partial charge in [0.15, 0.2) is 0 Å². The molecule has 0 saturated heterocycles. The van der Waals surface area contributed by atoms with E-state index in [2.05, 4.69) is 6.58 Å². The van der Waals surface area contributed by atoms with Crippen molar-refractivity contribution >= 4 is 0 Å². The van der Waals surface area contributed by atoms with E-state index in [4.69, 9.17) is 10.8 Å². The van der Waals surface area contributed by atoms with Crippen molar-refractivity contribution in [3.8, 4) is 0 Å². The van der Waals surface area contributed by atoms with Crippen LogP contribution in [-0.4, -0.2) is 10.6 Å². The number of nitrogens with two attached hydrogens (primary N) is 1. The maximum Gasteiger partial charge on any atom is 0.105 e. The lowest BCUT2D eigenvalue weighted by molar-refractivity contribution is 0.204. The van der Waals surface area contributed by atoms with Gasteiger partial charge in [-0.2, -0.15) is 0 Å². The molecule has 0 unspecified atom stereocenters. The van der Waals surface area contributed by atoms with Gasteiger partial charge in [0.2, 0.25) is 0 Å². The largest absolute Gasteiger partial charge is 0.511 e. The van der Waals surface area contributed by atoms with Crippen LogP contribution in [0.4, 0.5) is 0 Å². The van der Waals surface area contributed by atoms with Crippen LogP contribution in [0.5, 0.6) is 0 Å². The Kier molecular flexibility index (Phi) is 1.05. The fraction of sp³-hybridized carbons (Fsp3) is 0.667. The molecular formula is C6H11NO. The van der Waals surface area contributed by atoms with E-state index >= 15 is 0 Å². The van der Waals surface area contributed by atoms with E-state index in [0.717, 1.165) is 19.3 Å². The molecule has 1 aliphatic rings. The second-order valence-corrected chi connectivity index (χ2v) is 2.46. The van der Waals surface area contributed by atoms with Gasteiger partial charge in [-0.05, 0) is 19.3 Å². The van der Waals surface area contributed by atoms with Gasteiger partial charge < -0.3 is 10.8 Å². The minimum atomic E-state index is -0.417. The maximum atomic E-state index is 8.81. The normalized spacial score (nSPS) is 24.1. The van der Waals surface area contributed by atoms with Gasteiger partial charge >= 0.3 is 0 Å². The van der Waals surface area contributed by atoms with Crippen molar-refractivity contribution in [2.24, 2.45) is 5.73 Å². The van der Waals surface area contributed by atoms with Crippen molar-refractivity contribution in [2.75, 3.05) is 0 Å². The van der Waals surface area contributed by atoms with Gasteiger partial charge in [0, 0.05) is 0 Å². The van der Waals surface area contributed by atoms with Crippen LogP contribution in [0.25, 0.3) is 0 Å². The van der Waals surface area contributed by atoms with E-state index in [-0.39, 0.29) is 5.76 Å². The minimum Gasteiger partial charge on any atom is -0.511 e. The van der Waals surface area contributed by atoms with E-state index in [9.17, 15) is 0 Å². The van der Waals surface area contributed by atoms with Crippen LogP contribution in [-0.2, 0) is 0 Å². The molecule has 0 aromatic heterocycles. The van der Waals surface area contributed by atoms with E-state index in [1.54, 1.807) is 0 Å². The average Bonchev–Trinajstić information content (AvgIpc) is 1.60. The van der Waals surface area contributed by atoms with Gasteiger partial charge in [0.25, 0.3) is 0 Å². The fourth-order valence-corrected chi connectivity index (χ4v) is 0.846. The summed E-state index contributed by atoms with van der Waals surface area (Å²) in [5.74, 6) is 0.142. The first-order valence-corrected chi connectivity index (χ1v) is 2.82. The third kappa shape index (κ3) is 0.611. The molecule has 3 N–H and O–H groups in total. The van der Waals surface area contributed by atoms with Gasteiger partial charge in [-0.3, -0.25) is 0 Å². The zero-order chi connectivity index (χ0) is 6.20. The minimum absolute atomic E-state index is 0.142. The number of hydrogen-bond donors (Lipinski definition) is 2. The summed E-state index contributed by atoms with van der Waals surface area (Å²) >= 11 is 0. The van der Waals surface area contributed by atoms with E-state index in [1.165, 1.54) is 0 Å². The Morgan fingerprint density at radius 2 is 2.12 bits per heavy atom. The summed E-state index contributed by atoms with van der Waals surface area (Å²) in [5, 5.41) is 8.81. The van der Waals surface area contributed by atoms with Crippen LogP contribution in [0.3, 0.4) is 0 Å². The summed E-state index contributed by atoms with van der Waals surface area (Å²) in [4.78, 5) is 0. The van der Waals surface area contributed by atoms with Crippen molar-refractivity contribution in [3.05, 3.63) is 12.3 Å². The molecular weight excluding hydrogens is 102 g/mol. The zero-order valence-corrected chi connectivity index (χ0v) is 4.85. The summed E-state index contributed by atoms with van der Waals surface area (Å²) in [5.41, 5.74) is 5.18. The highest BCUT2D eigenvalue weighted by molar-refractivity contribution is 5.12. The molecule has 1 fully saturated rings. The lowest BCUT2D eigenvalue weighted by atomic mass is 9.77. The van der Waals surface area contributed by atoms with Crippen molar-refractivity contribution in [1.29, 1.82) is 0 Å². The third-order valence-electron chi connectivity index (χ3n) is 1.82. The summed E-state index contributed by atoms with van der Waals surface area (Å²) in [6.45, 7) is 3.38. The van der Waals surface area contributed by atoms with Crippen LogP contribution in [0.2, 0.25) is 0 Å². The Bertz CT molecular complexity index is 116. The molecule has 0 spiro atoms. The Labute approximate surface area is 49.0 Å². The van der Waals surface area contributed by atoms with Crippen molar-refractivity contribution in [3.63, 3.8) is 0 Å². The summed E-state index contributed by atoms with van der Waals surface area (Å²) in [7, 11) is 0. The van der Waals surface area contributed by atoms with Crippen LogP contribution in [0.1, 0.15) is 19.3 Å². The molecule has 1 rings (SSSR count). The zero-order valence-electron chi connectivity index (χ0n) is 4.85. The Balaban J connectivity index is 2.53. The first kappa shape index (κ1) is 5.63. The lowest BCUT2D eigenvalue weighted by Gasteiger charge is -2.36. The second-order valence-electron chi connectivity index (χ2n) is 2.46. The molecule has 0 amide bonds. The Morgan fingerprint density at radius 1 is 1.62 bits per heavy atom. The van der Waals surface area contributed by atoms with Crippen molar-refractivity contribution in [1.82, 2.24) is 0 Å². The van der Waals surface area contributed by atoms with E-state index in [0.29, 0.717) is 0 Å². The molecule has 0 aliphatic heterocycles. The standard InChI is InChI=1S/C6H11NO/c1-5(8)6(7)3-2-4-6/h8H,1-4,7H2. The molecule has 8 heavy (non-hydrogen) atoms. The van der Waals surface area contributed by atoms with Gasteiger partial charge in [0.05, 0.1) is 5.54 Å². The SMILES string of the molecule is C=C(O)C1(N)CCC1. The molecule has 0 radical (unpaired) electrons. The lowest BCUT2D eigenvalue weighted by Crippen LogP contribution is -2.47. The van der Waals surface area contributed by atoms with Gasteiger partial charge in [-0.15, -0.1) is 0 Å². The molecule has 0 atom stereocenters. The molecule has 46 valence electrons. The summed E-state index contributed by atoms with van der Waals surface area (Å²) in [6.07, 6.45) is 2.90. The number of hydrogen-bond acceptors (Lipinski definition) is 2. The molecule has 0 aromatic rings. The number of aliphatic hydroxyl groups is 1.